The lowest BCUT2D eigenvalue weighted by molar-refractivity contribution is -0.169. The summed E-state index contributed by atoms with van der Waals surface area (Å²) in [5.41, 5.74) is 0.754. The van der Waals surface area contributed by atoms with Crippen LogP contribution in [0, 0.1) is 0 Å². The molecule has 1 atom stereocenters. The molecule has 6 heteroatoms. The SMILES string of the molecule is CCC1CCCCN1C(=O)c1ccnc(N2CCC3(CC2)OCCO3)c1. The first kappa shape index (κ1) is 17.7. The summed E-state index contributed by atoms with van der Waals surface area (Å²) in [6.45, 7) is 6.10. The maximum Gasteiger partial charge on any atom is 0.254 e. The molecule has 0 saturated carbocycles. The molecule has 3 aliphatic heterocycles. The summed E-state index contributed by atoms with van der Waals surface area (Å²) >= 11 is 0. The Hall–Kier alpha value is -1.66. The number of rotatable bonds is 3. The van der Waals surface area contributed by atoms with E-state index in [-0.39, 0.29) is 11.7 Å². The van der Waals surface area contributed by atoms with Gasteiger partial charge >= 0.3 is 0 Å². The molecule has 0 N–H and O–H groups in total. The van der Waals surface area contributed by atoms with Crippen molar-refractivity contribution in [1.82, 2.24) is 9.88 Å². The Morgan fingerprint density at radius 3 is 2.73 bits per heavy atom. The molecule has 6 nitrogen and oxygen atoms in total. The summed E-state index contributed by atoms with van der Waals surface area (Å²) in [7, 11) is 0. The number of hydrogen-bond acceptors (Lipinski definition) is 5. The van der Waals surface area contributed by atoms with E-state index in [4.69, 9.17) is 9.47 Å². The van der Waals surface area contributed by atoms with Crippen LogP contribution >= 0.6 is 0 Å². The second-order valence-electron chi connectivity index (χ2n) is 7.55. The Morgan fingerprint density at radius 1 is 1.23 bits per heavy atom. The van der Waals surface area contributed by atoms with Gasteiger partial charge in [-0.1, -0.05) is 6.92 Å². The third kappa shape index (κ3) is 3.45. The zero-order valence-corrected chi connectivity index (χ0v) is 15.7. The van der Waals surface area contributed by atoms with Crippen molar-refractivity contribution in [1.29, 1.82) is 0 Å². The molecule has 0 aliphatic carbocycles. The van der Waals surface area contributed by atoms with Gasteiger partial charge in [0.15, 0.2) is 5.79 Å². The third-order valence-corrected chi connectivity index (χ3v) is 6.01. The van der Waals surface area contributed by atoms with Crippen LogP contribution in [0.1, 0.15) is 55.8 Å². The molecule has 4 rings (SSSR count). The second kappa shape index (κ2) is 7.53. The van der Waals surface area contributed by atoms with Gasteiger partial charge in [0.1, 0.15) is 5.82 Å². The van der Waals surface area contributed by atoms with E-state index in [9.17, 15) is 4.79 Å². The Bertz CT molecular complexity index is 635. The number of amides is 1. The van der Waals surface area contributed by atoms with Gasteiger partial charge in [-0.05, 0) is 37.8 Å². The lowest BCUT2D eigenvalue weighted by Gasteiger charge is -2.38. The Balaban J connectivity index is 1.45. The van der Waals surface area contributed by atoms with E-state index in [0.29, 0.717) is 19.3 Å². The summed E-state index contributed by atoms with van der Waals surface area (Å²) in [6.07, 6.45) is 7.93. The first-order chi connectivity index (χ1) is 12.7. The number of aromatic nitrogens is 1. The highest BCUT2D eigenvalue weighted by Crippen LogP contribution is 2.33. The summed E-state index contributed by atoms with van der Waals surface area (Å²) < 4.78 is 11.6. The van der Waals surface area contributed by atoms with Crippen molar-refractivity contribution in [3.63, 3.8) is 0 Å². The predicted octanol–water partition coefficient (Wildman–Crippen LogP) is 2.83. The van der Waals surface area contributed by atoms with Crippen molar-refractivity contribution in [2.24, 2.45) is 0 Å². The van der Waals surface area contributed by atoms with E-state index in [1.54, 1.807) is 6.20 Å². The summed E-state index contributed by atoms with van der Waals surface area (Å²) in [6, 6.07) is 4.18. The number of likely N-dealkylation sites (tertiary alicyclic amines) is 1. The summed E-state index contributed by atoms with van der Waals surface area (Å²) in [5, 5.41) is 0. The Kier molecular flexibility index (Phi) is 5.14. The molecule has 4 heterocycles. The minimum absolute atomic E-state index is 0.149. The molecule has 1 spiro atoms. The summed E-state index contributed by atoms with van der Waals surface area (Å²) in [5.74, 6) is 0.649. The Labute approximate surface area is 155 Å². The van der Waals surface area contributed by atoms with Crippen LogP contribution in [0.3, 0.4) is 0 Å². The number of nitrogens with zero attached hydrogens (tertiary/aromatic N) is 3. The molecule has 0 bridgehead atoms. The molecule has 3 saturated heterocycles. The molecule has 26 heavy (non-hydrogen) atoms. The molecule has 0 aromatic carbocycles. The number of carbonyl (C=O) groups is 1. The highest BCUT2D eigenvalue weighted by atomic mass is 16.7. The van der Waals surface area contributed by atoms with Crippen molar-refractivity contribution in [2.75, 3.05) is 37.7 Å². The van der Waals surface area contributed by atoms with Crippen LogP contribution in [0.4, 0.5) is 5.82 Å². The third-order valence-electron chi connectivity index (χ3n) is 6.01. The van der Waals surface area contributed by atoms with Gasteiger partial charge < -0.3 is 19.3 Å². The van der Waals surface area contributed by atoms with E-state index >= 15 is 0 Å². The number of ether oxygens (including phenoxy) is 2. The molecule has 1 aromatic rings. The minimum atomic E-state index is -0.383. The molecule has 1 aromatic heterocycles. The van der Waals surface area contributed by atoms with Crippen LogP contribution in [0.25, 0.3) is 0 Å². The fraction of sp³-hybridized carbons (Fsp3) is 0.700. The predicted molar refractivity (Wildman–Crippen MR) is 99.3 cm³/mol. The average molecular weight is 359 g/mol. The van der Waals surface area contributed by atoms with Crippen molar-refractivity contribution in [3.05, 3.63) is 23.9 Å². The second-order valence-corrected chi connectivity index (χ2v) is 7.55. The average Bonchev–Trinajstić information content (AvgIpc) is 3.16. The van der Waals surface area contributed by atoms with E-state index in [2.05, 4.69) is 21.7 Å². The highest BCUT2D eigenvalue weighted by molar-refractivity contribution is 5.95. The van der Waals surface area contributed by atoms with Crippen LogP contribution < -0.4 is 4.90 Å². The van der Waals surface area contributed by atoms with Crippen LogP contribution in [-0.2, 0) is 9.47 Å². The van der Waals surface area contributed by atoms with Gasteiger partial charge in [0.05, 0.1) is 13.2 Å². The number of carbonyl (C=O) groups excluding carboxylic acids is 1. The molecule has 3 fully saturated rings. The topological polar surface area (TPSA) is 54.9 Å². The van der Waals surface area contributed by atoms with Crippen LogP contribution in [0.2, 0.25) is 0 Å². The van der Waals surface area contributed by atoms with E-state index in [1.165, 1.54) is 6.42 Å². The van der Waals surface area contributed by atoms with Crippen LogP contribution in [0.15, 0.2) is 18.3 Å². The summed E-state index contributed by atoms with van der Waals surface area (Å²) in [4.78, 5) is 21.9. The minimum Gasteiger partial charge on any atom is -0.356 e. The smallest absolute Gasteiger partial charge is 0.254 e. The fourth-order valence-corrected chi connectivity index (χ4v) is 4.44. The van der Waals surface area contributed by atoms with Gasteiger partial charge in [-0.2, -0.15) is 0 Å². The van der Waals surface area contributed by atoms with Crippen molar-refractivity contribution < 1.29 is 14.3 Å². The molecular weight excluding hydrogens is 330 g/mol. The normalized spacial score (nSPS) is 25.7. The highest BCUT2D eigenvalue weighted by Gasteiger charge is 2.40. The van der Waals surface area contributed by atoms with E-state index in [1.807, 2.05) is 12.1 Å². The van der Waals surface area contributed by atoms with Gasteiger partial charge in [0.25, 0.3) is 5.91 Å². The monoisotopic (exact) mass is 359 g/mol. The Morgan fingerprint density at radius 2 is 2.00 bits per heavy atom. The molecule has 1 unspecified atom stereocenters. The van der Waals surface area contributed by atoms with E-state index in [0.717, 1.165) is 63.1 Å². The molecule has 3 aliphatic rings. The molecule has 142 valence electrons. The lowest BCUT2D eigenvalue weighted by atomic mass is 9.99. The van der Waals surface area contributed by atoms with Gasteiger partial charge in [-0.25, -0.2) is 4.98 Å². The zero-order valence-electron chi connectivity index (χ0n) is 15.7. The van der Waals surface area contributed by atoms with Crippen molar-refractivity contribution >= 4 is 11.7 Å². The molecule has 0 radical (unpaired) electrons. The largest absolute Gasteiger partial charge is 0.356 e. The number of anilines is 1. The molecular formula is C20H29N3O3. The fourth-order valence-electron chi connectivity index (χ4n) is 4.44. The van der Waals surface area contributed by atoms with Gasteiger partial charge in [-0.15, -0.1) is 0 Å². The van der Waals surface area contributed by atoms with Gasteiger partial charge in [-0.3, -0.25) is 4.79 Å². The quantitative estimate of drug-likeness (QED) is 0.831. The zero-order chi connectivity index (χ0) is 18.0. The number of hydrogen-bond donors (Lipinski definition) is 0. The van der Waals surface area contributed by atoms with E-state index < -0.39 is 0 Å². The maximum atomic E-state index is 13.0. The van der Waals surface area contributed by atoms with Crippen LogP contribution in [0.5, 0.6) is 0 Å². The van der Waals surface area contributed by atoms with Crippen molar-refractivity contribution in [3.8, 4) is 0 Å². The van der Waals surface area contributed by atoms with Gasteiger partial charge in [0.2, 0.25) is 0 Å². The standard InChI is InChI=1S/C20H29N3O3/c1-2-17-5-3-4-10-23(17)19(24)16-6-9-21-18(15-16)22-11-7-20(8-12-22)25-13-14-26-20/h6,9,15,17H,2-5,7-8,10-14H2,1H3. The first-order valence-corrected chi connectivity index (χ1v) is 10.0. The van der Waals surface area contributed by atoms with Gasteiger partial charge in [0, 0.05) is 50.3 Å². The van der Waals surface area contributed by atoms with Crippen LogP contribution in [-0.4, -0.2) is 60.5 Å². The maximum absolute atomic E-state index is 13.0. The number of pyridine rings is 1. The molecule has 1 amide bonds. The lowest BCUT2D eigenvalue weighted by Crippen LogP contribution is -2.45. The first-order valence-electron chi connectivity index (χ1n) is 10.0. The number of piperidine rings is 2. The van der Waals surface area contributed by atoms with Crippen molar-refractivity contribution in [2.45, 2.75) is 57.3 Å².